The van der Waals surface area contributed by atoms with Crippen molar-refractivity contribution >= 4 is 38.9 Å². The molecule has 1 aromatic heterocycles. The van der Waals surface area contributed by atoms with Gasteiger partial charge in [0.1, 0.15) is 5.75 Å². The lowest BCUT2D eigenvalue weighted by Gasteiger charge is -2.16. The number of hydrogen-bond donors (Lipinski definition) is 2. The maximum Gasteiger partial charge on any atom is 0.330 e. The third-order valence-electron chi connectivity index (χ3n) is 2.57. The summed E-state index contributed by atoms with van der Waals surface area (Å²) in [6.45, 7) is 0. The van der Waals surface area contributed by atoms with Crippen molar-refractivity contribution < 1.29 is 14.6 Å². The Hall–Kier alpha value is -1.53. The first kappa shape index (κ1) is 13.9. The minimum absolute atomic E-state index is 0.614. The Morgan fingerprint density at radius 2 is 2.21 bits per heavy atom. The molecular formula is C13H12BrNO3S. The van der Waals surface area contributed by atoms with Gasteiger partial charge in [-0.3, -0.25) is 0 Å². The van der Waals surface area contributed by atoms with Gasteiger partial charge in [0.2, 0.25) is 0 Å². The lowest BCUT2D eigenvalue weighted by Crippen LogP contribution is -2.20. The van der Waals surface area contributed by atoms with Gasteiger partial charge in [0.05, 0.1) is 16.6 Å². The first-order valence-electron chi connectivity index (χ1n) is 5.48. The van der Waals surface area contributed by atoms with Crippen LogP contribution in [-0.4, -0.2) is 18.2 Å². The van der Waals surface area contributed by atoms with Crippen LogP contribution in [0.4, 0.5) is 5.69 Å². The zero-order chi connectivity index (χ0) is 13.8. The molecule has 0 saturated heterocycles. The molecule has 2 N–H and O–H groups in total. The van der Waals surface area contributed by atoms with Crippen LogP contribution in [-0.2, 0) is 4.79 Å². The van der Waals surface area contributed by atoms with E-state index in [1.165, 1.54) is 11.3 Å². The number of ether oxygens (including phenoxy) is 1. The van der Waals surface area contributed by atoms with Gasteiger partial charge in [0.25, 0.3) is 0 Å². The minimum Gasteiger partial charge on any atom is -0.495 e. The lowest BCUT2D eigenvalue weighted by molar-refractivity contribution is -0.138. The molecule has 0 bridgehead atoms. The fraction of sp³-hybridized carbons (Fsp3) is 0.154. The Morgan fingerprint density at radius 3 is 2.79 bits per heavy atom. The lowest BCUT2D eigenvalue weighted by atomic mass is 10.1. The number of thiophene rings is 1. The predicted molar refractivity (Wildman–Crippen MR) is 79.0 cm³/mol. The number of para-hydroxylation sites is 2. The van der Waals surface area contributed by atoms with Crippen LogP contribution in [0.3, 0.4) is 0 Å². The molecule has 100 valence electrons. The van der Waals surface area contributed by atoms with E-state index in [0.717, 1.165) is 3.79 Å². The molecule has 0 spiro atoms. The molecule has 1 heterocycles. The number of carbonyl (C=O) groups is 1. The van der Waals surface area contributed by atoms with Gasteiger partial charge in [-0.05, 0) is 45.1 Å². The van der Waals surface area contributed by atoms with Crippen molar-refractivity contribution in [1.82, 2.24) is 0 Å². The smallest absolute Gasteiger partial charge is 0.330 e. The summed E-state index contributed by atoms with van der Waals surface area (Å²) in [4.78, 5) is 11.4. The Bertz CT molecular complexity index is 585. The molecule has 0 aliphatic rings. The van der Waals surface area contributed by atoms with E-state index in [4.69, 9.17) is 4.74 Å². The first-order valence-corrected chi connectivity index (χ1v) is 7.15. The molecule has 1 atom stereocenters. The topological polar surface area (TPSA) is 58.6 Å². The summed E-state index contributed by atoms with van der Waals surface area (Å²) in [6.07, 6.45) is 0. The fourth-order valence-corrected chi connectivity index (χ4v) is 2.88. The van der Waals surface area contributed by atoms with E-state index in [1.54, 1.807) is 25.3 Å². The van der Waals surface area contributed by atoms with Crippen molar-refractivity contribution in [2.75, 3.05) is 12.4 Å². The largest absolute Gasteiger partial charge is 0.495 e. The van der Waals surface area contributed by atoms with Crippen LogP contribution in [0.5, 0.6) is 5.75 Å². The summed E-state index contributed by atoms with van der Waals surface area (Å²) in [5.41, 5.74) is 1.36. The maximum atomic E-state index is 11.4. The summed E-state index contributed by atoms with van der Waals surface area (Å²) in [5, 5.41) is 14.1. The van der Waals surface area contributed by atoms with Crippen molar-refractivity contribution in [3.8, 4) is 5.75 Å². The van der Waals surface area contributed by atoms with E-state index in [2.05, 4.69) is 21.2 Å². The van der Waals surface area contributed by atoms with Crippen molar-refractivity contribution in [3.05, 3.63) is 45.1 Å². The normalized spacial score (nSPS) is 11.9. The number of hydrogen-bond acceptors (Lipinski definition) is 4. The van der Waals surface area contributed by atoms with Crippen LogP contribution in [0.2, 0.25) is 0 Å². The average molecular weight is 342 g/mol. The molecule has 0 aliphatic carbocycles. The van der Waals surface area contributed by atoms with E-state index in [0.29, 0.717) is 17.0 Å². The summed E-state index contributed by atoms with van der Waals surface area (Å²) < 4.78 is 6.10. The zero-order valence-electron chi connectivity index (χ0n) is 10.1. The van der Waals surface area contributed by atoms with Gasteiger partial charge in [-0.2, -0.15) is 0 Å². The molecule has 2 rings (SSSR count). The van der Waals surface area contributed by atoms with Crippen molar-refractivity contribution in [2.24, 2.45) is 0 Å². The molecule has 0 fully saturated rings. The highest BCUT2D eigenvalue weighted by Gasteiger charge is 2.22. The van der Waals surface area contributed by atoms with Gasteiger partial charge < -0.3 is 15.2 Å². The summed E-state index contributed by atoms with van der Waals surface area (Å²) in [6, 6.07) is 8.22. The molecule has 19 heavy (non-hydrogen) atoms. The van der Waals surface area contributed by atoms with Crippen LogP contribution in [0.15, 0.2) is 39.5 Å². The third-order valence-corrected chi connectivity index (χ3v) is 4.10. The highest BCUT2D eigenvalue weighted by atomic mass is 79.9. The van der Waals surface area contributed by atoms with Crippen molar-refractivity contribution in [3.63, 3.8) is 0 Å². The van der Waals surface area contributed by atoms with E-state index in [-0.39, 0.29) is 0 Å². The Kier molecular flexibility index (Phi) is 4.44. The molecule has 2 aromatic rings. The SMILES string of the molecule is COc1ccccc1NC(C(=O)O)c1csc(Br)c1. The molecule has 6 heteroatoms. The number of methoxy groups -OCH3 is 1. The van der Waals surface area contributed by atoms with Crippen LogP contribution in [0.1, 0.15) is 11.6 Å². The quantitative estimate of drug-likeness (QED) is 0.869. The van der Waals surface area contributed by atoms with Crippen molar-refractivity contribution in [1.29, 1.82) is 0 Å². The fourth-order valence-electron chi connectivity index (χ4n) is 1.68. The zero-order valence-corrected chi connectivity index (χ0v) is 12.5. The van der Waals surface area contributed by atoms with Crippen LogP contribution < -0.4 is 10.1 Å². The van der Waals surface area contributed by atoms with Crippen molar-refractivity contribution in [2.45, 2.75) is 6.04 Å². The number of aliphatic carboxylic acids is 1. The molecule has 0 saturated carbocycles. The van der Waals surface area contributed by atoms with Gasteiger partial charge >= 0.3 is 5.97 Å². The summed E-state index contributed by atoms with van der Waals surface area (Å²) in [5.74, 6) is -0.320. The van der Waals surface area contributed by atoms with Crippen LogP contribution in [0.25, 0.3) is 0 Å². The molecule has 0 amide bonds. The minimum atomic E-state index is -0.934. The third kappa shape index (κ3) is 3.27. The van der Waals surface area contributed by atoms with Gasteiger partial charge in [0, 0.05) is 0 Å². The molecule has 1 aromatic carbocycles. The monoisotopic (exact) mass is 341 g/mol. The number of nitrogens with one attached hydrogen (secondary N) is 1. The number of rotatable bonds is 5. The summed E-state index contributed by atoms with van der Waals surface area (Å²) >= 11 is 4.79. The number of benzene rings is 1. The molecule has 0 aliphatic heterocycles. The molecule has 4 nitrogen and oxygen atoms in total. The first-order chi connectivity index (χ1) is 9.11. The molecular weight excluding hydrogens is 330 g/mol. The molecule has 0 radical (unpaired) electrons. The van der Waals surface area contributed by atoms with Gasteiger partial charge in [-0.25, -0.2) is 4.79 Å². The van der Waals surface area contributed by atoms with E-state index < -0.39 is 12.0 Å². The summed E-state index contributed by atoms with van der Waals surface area (Å²) in [7, 11) is 1.55. The highest BCUT2D eigenvalue weighted by molar-refractivity contribution is 9.11. The Morgan fingerprint density at radius 1 is 1.47 bits per heavy atom. The molecule has 1 unspecified atom stereocenters. The predicted octanol–water partition coefficient (Wildman–Crippen LogP) is 3.76. The second-order valence-electron chi connectivity index (χ2n) is 3.80. The Balaban J connectivity index is 2.29. The Labute approximate surface area is 123 Å². The standard InChI is InChI=1S/C13H12BrNO3S/c1-18-10-5-3-2-4-9(10)15-12(13(16)17)8-6-11(14)19-7-8/h2-7,12,15H,1H3,(H,16,17). The maximum absolute atomic E-state index is 11.4. The highest BCUT2D eigenvalue weighted by Crippen LogP contribution is 2.31. The number of halogens is 1. The van der Waals surface area contributed by atoms with Crippen LogP contribution in [0, 0.1) is 0 Å². The van der Waals surface area contributed by atoms with Gasteiger partial charge in [0.15, 0.2) is 6.04 Å². The second-order valence-corrected chi connectivity index (χ2v) is 6.09. The average Bonchev–Trinajstić information content (AvgIpc) is 2.82. The number of carboxylic acids is 1. The second kappa shape index (κ2) is 6.08. The number of anilines is 1. The van der Waals surface area contributed by atoms with E-state index in [9.17, 15) is 9.90 Å². The van der Waals surface area contributed by atoms with Gasteiger partial charge in [-0.15, -0.1) is 11.3 Å². The van der Waals surface area contributed by atoms with E-state index >= 15 is 0 Å². The van der Waals surface area contributed by atoms with Gasteiger partial charge in [-0.1, -0.05) is 12.1 Å². The van der Waals surface area contributed by atoms with E-state index in [1.807, 2.05) is 17.5 Å². The number of carboxylic acid groups (broad SMARTS) is 1. The van der Waals surface area contributed by atoms with Crippen LogP contribution >= 0.6 is 27.3 Å².